The first-order valence-corrected chi connectivity index (χ1v) is 8.99. The number of benzene rings is 1. The molecule has 7 nitrogen and oxygen atoms in total. The summed E-state index contributed by atoms with van der Waals surface area (Å²) in [4.78, 5) is 26.2. The number of aromatic nitrogens is 2. The molecular weight excluding hydrogens is 332 g/mol. The zero-order valence-electron chi connectivity index (χ0n) is 14.5. The molecule has 2 aliphatic rings. The lowest BCUT2D eigenvalue weighted by Crippen LogP contribution is -2.58. The van der Waals surface area contributed by atoms with E-state index in [1.54, 1.807) is 17.0 Å². The largest absolute Gasteiger partial charge is 0.381 e. The van der Waals surface area contributed by atoms with Crippen molar-refractivity contribution in [1.29, 1.82) is 0 Å². The Balaban J connectivity index is 1.40. The van der Waals surface area contributed by atoms with E-state index in [1.165, 1.54) is 4.68 Å². The first-order valence-electron chi connectivity index (χ1n) is 8.99. The van der Waals surface area contributed by atoms with E-state index in [4.69, 9.17) is 4.74 Å². The number of ether oxygens (including phenoxy) is 1. The van der Waals surface area contributed by atoms with Gasteiger partial charge in [0.25, 0.3) is 5.56 Å². The predicted molar refractivity (Wildman–Crippen MR) is 96.9 cm³/mol. The molecule has 0 saturated carbocycles. The van der Waals surface area contributed by atoms with Gasteiger partial charge in [-0.1, -0.05) is 30.3 Å². The van der Waals surface area contributed by atoms with E-state index in [2.05, 4.69) is 10.4 Å². The van der Waals surface area contributed by atoms with Gasteiger partial charge in [0.1, 0.15) is 0 Å². The average molecular weight is 354 g/mol. The second-order valence-corrected chi connectivity index (χ2v) is 6.76. The minimum Gasteiger partial charge on any atom is -0.381 e. The molecule has 0 radical (unpaired) electrons. The Labute approximate surface area is 151 Å². The number of carbonyl (C=O) groups is 1. The smallest absolute Gasteiger partial charge is 0.317 e. The third-order valence-corrected chi connectivity index (χ3v) is 4.94. The number of carbonyl (C=O) groups excluding carboxylic acids is 1. The molecule has 4 rings (SSSR count). The second kappa shape index (κ2) is 7.29. The molecule has 1 aromatic heterocycles. The summed E-state index contributed by atoms with van der Waals surface area (Å²) in [5.41, 5.74) is 1.59. The van der Waals surface area contributed by atoms with Crippen molar-refractivity contribution in [2.45, 2.75) is 24.9 Å². The third kappa shape index (κ3) is 3.48. The van der Waals surface area contributed by atoms with Gasteiger partial charge in [0.15, 0.2) is 0 Å². The molecule has 1 N–H and O–H groups in total. The summed E-state index contributed by atoms with van der Waals surface area (Å²) >= 11 is 0. The molecule has 2 fully saturated rings. The van der Waals surface area contributed by atoms with Crippen molar-refractivity contribution in [3.8, 4) is 11.3 Å². The topological polar surface area (TPSA) is 76.5 Å². The van der Waals surface area contributed by atoms with E-state index in [0.717, 1.165) is 24.1 Å². The predicted octanol–water partition coefficient (Wildman–Crippen LogP) is 1.66. The zero-order valence-corrected chi connectivity index (χ0v) is 14.5. The Kier molecular flexibility index (Phi) is 4.71. The first-order chi connectivity index (χ1) is 12.7. The van der Waals surface area contributed by atoms with E-state index in [0.29, 0.717) is 26.3 Å². The van der Waals surface area contributed by atoms with Crippen LogP contribution in [-0.2, 0) is 4.74 Å². The molecular formula is C19H22N4O3. The molecule has 136 valence electrons. The summed E-state index contributed by atoms with van der Waals surface area (Å²) < 4.78 is 6.81. The van der Waals surface area contributed by atoms with E-state index in [9.17, 15) is 9.59 Å². The van der Waals surface area contributed by atoms with Crippen LogP contribution in [0.1, 0.15) is 18.9 Å². The van der Waals surface area contributed by atoms with Gasteiger partial charge in [-0.05, 0) is 18.9 Å². The van der Waals surface area contributed by atoms with Crippen LogP contribution >= 0.6 is 0 Å². The van der Waals surface area contributed by atoms with Gasteiger partial charge < -0.3 is 15.0 Å². The fraction of sp³-hybridized carbons (Fsp3) is 0.421. The van der Waals surface area contributed by atoms with Crippen molar-refractivity contribution < 1.29 is 9.53 Å². The summed E-state index contributed by atoms with van der Waals surface area (Å²) in [6, 6.07) is 13.1. The molecule has 2 saturated heterocycles. The number of likely N-dealkylation sites (tertiary alicyclic amines) is 1. The second-order valence-electron chi connectivity index (χ2n) is 6.76. The molecule has 3 heterocycles. The van der Waals surface area contributed by atoms with Crippen molar-refractivity contribution in [1.82, 2.24) is 20.0 Å². The number of nitrogens with one attached hydrogen (secondary N) is 1. The van der Waals surface area contributed by atoms with Crippen LogP contribution in [0, 0.1) is 0 Å². The number of amides is 2. The average Bonchev–Trinajstić information content (AvgIpc) is 2.63. The van der Waals surface area contributed by atoms with Crippen LogP contribution in [0.4, 0.5) is 4.79 Å². The van der Waals surface area contributed by atoms with Gasteiger partial charge in [0, 0.05) is 44.0 Å². The van der Waals surface area contributed by atoms with Crippen LogP contribution in [0.3, 0.4) is 0 Å². The SMILES string of the molecule is O=C(NC1CCOCC1)N1CC(n2nc(-c3ccccc3)ccc2=O)C1. The first kappa shape index (κ1) is 16.8. The fourth-order valence-corrected chi connectivity index (χ4v) is 3.33. The Bertz CT molecular complexity index is 824. The van der Waals surface area contributed by atoms with Crippen molar-refractivity contribution >= 4 is 6.03 Å². The van der Waals surface area contributed by atoms with Crippen LogP contribution in [-0.4, -0.2) is 53.1 Å². The van der Waals surface area contributed by atoms with Gasteiger partial charge >= 0.3 is 6.03 Å². The highest BCUT2D eigenvalue weighted by atomic mass is 16.5. The lowest BCUT2D eigenvalue weighted by molar-refractivity contribution is 0.0719. The normalized spacial score (nSPS) is 18.4. The monoisotopic (exact) mass is 354 g/mol. The molecule has 0 spiro atoms. The third-order valence-electron chi connectivity index (χ3n) is 4.94. The maximum Gasteiger partial charge on any atom is 0.317 e. The Morgan fingerprint density at radius 3 is 2.54 bits per heavy atom. The quantitative estimate of drug-likeness (QED) is 0.909. The van der Waals surface area contributed by atoms with Crippen molar-refractivity contribution in [2.75, 3.05) is 26.3 Å². The zero-order chi connectivity index (χ0) is 17.9. The van der Waals surface area contributed by atoms with Gasteiger partial charge in [0.2, 0.25) is 0 Å². The lowest BCUT2D eigenvalue weighted by atomic mass is 10.1. The molecule has 0 aliphatic carbocycles. The van der Waals surface area contributed by atoms with Crippen LogP contribution in [0.2, 0.25) is 0 Å². The number of urea groups is 1. The minimum atomic E-state index is -0.140. The number of hydrogen-bond acceptors (Lipinski definition) is 4. The number of hydrogen-bond donors (Lipinski definition) is 1. The molecule has 2 aliphatic heterocycles. The highest BCUT2D eigenvalue weighted by molar-refractivity contribution is 5.75. The molecule has 2 amide bonds. The summed E-state index contributed by atoms with van der Waals surface area (Å²) in [6.45, 7) is 2.39. The summed E-state index contributed by atoms with van der Waals surface area (Å²) in [7, 11) is 0. The summed E-state index contributed by atoms with van der Waals surface area (Å²) in [5.74, 6) is 0. The summed E-state index contributed by atoms with van der Waals surface area (Å²) in [6.07, 6.45) is 1.70. The molecule has 26 heavy (non-hydrogen) atoms. The molecule has 7 heteroatoms. The number of nitrogens with zero attached hydrogens (tertiary/aromatic N) is 3. The highest BCUT2D eigenvalue weighted by Gasteiger charge is 2.34. The molecule has 0 unspecified atom stereocenters. The maximum atomic E-state index is 12.3. The fourth-order valence-electron chi connectivity index (χ4n) is 3.33. The van der Waals surface area contributed by atoms with E-state index < -0.39 is 0 Å². The Morgan fingerprint density at radius 1 is 1.08 bits per heavy atom. The highest BCUT2D eigenvalue weighted by Crippen LogP contribution is 2.21. The summed E-state index contributed by atoms with van der Waals surface area (Å²) in [5, 5.41) is 7.55. The van der Waals surface area contributed by atoms with Gasteiger partial charge in [-0.3, -0.25) is 4.79 Å². The number of rotatable bonds is 3. The van der Waals surface area contributed by atoms with Gasteiger partial charge in [-0.15, -0.1) is 0 Å². The van der Waals surface area contributed by atoms with Crippen molar-refractivity contribution in [3.63, 3.8) is 0 Å². The van der Waals surface area contributed by atoms with Gasteiger partial charge in [0.05, 0.1) is 11.7 Å². The molecule has 0 bridgehead atoms. The van der Waals surface area contributed by atoms with E-state index in [1.807, 2.05) is 30.3 Å². The van der Waals surface area contributed by atoms with Crippen LogP contribution in [0.5, 0.6) is 0 Å². The minimum absolute atomic E-state index is 0.0691. The molecule has 2 aromatic rings. The maximum absolute atomic E-state index is 12.3. The van der Waals surface area contributed by atoms with Crippen LogP contribution in [0.25, 0.3) is 11.3 Å². The molecule has 0 atom stereocenters. The van der Waals surface area contributed by atoms with Gasteiger partial charge in [-0.2, -0.15) is 5.10 Å². The van der Waals surface area contributed by atoms with Crippen molar-refractivity contribution in [3.05, 3.63) is 52.8 Å². The van der Waals surface area contributed by atoms with E-state index in [-0.39, 0.29) is 23.7 Å². The van der Waals surface area contributed by atoms with Crippen molar-refractivity contribution in [2.24, 2.45) is 0 Å². The molecule has 1 aromatic carbocycles. The van der Waals surface area contributed by atoms with Crippen LogP contribution < -0.4 is 10.9 Å². The lowest BCUT2D eigenvalue weighted by Gasteiger charge is -2.40. The Morgan fingerprint density at radius 2 is 1.81 bits per heavy atom. The Hall–Kier alpha value is -2.67. The standard InChI is InChI=1S/C19H22N4O3/c24-18-7-6-17(14-4-2-1-3-5-14)21-23(18)16-12-22(13-16)19(25)20-15-8-10-26-11-9-15/h1-7,15-16H,8-13H2,(H,20,25). The van der Waals surface area contributed by atoms with E-state index >= 15 is 0 Å². The van der Waals surface area contributed by atoms with Gasteiger partial charge in [-0.25, -0.2) is 9.48 Å². The van der Waals surface area contributed by atoms with Crippen LogP contribution in [0.15, 0.2) is 47.3 Å².